The molecule has 6 nitrogen and oxygen atoms in total. The van der Waals surface area contributed by atoms with Crippen LogP contribution in [0.4, 0.5) is 13.2 Å². The van der Waals surface area contributed by atoms with Crippen LogP contribution in [0.5, 0.6) is 0 Å². The first kappa shape index (κ1) is 17.3. The van der Waals surface area contributed by atoms with Crippen LogP contribution >= 0.6 is 0 Å². The number of aryl methyl sites for hydroxylation is 2. The van der Waals surface area contributed by atoms with E-state index in [1.165, 1.54) is 0 Å². The van der Waals surface area contributed by atoms with E-state index in [1.54, 1.807) is 30.8 Å². The van der Waals surface area contributed by atoms with E-state index < -0.39 is 26.5 Å². The zero-order valence-electron chi connectivity index (χ0n) is 13.5. The summed E-state index contributed by atoms with van der Waals surface area (Å²) in [5, 5.41) is 0. The predicted octanol–water partition coefficient (Wildman–Crippen LogP) is 2.76. The number of nitrogens with zero attached hydrogens (tertiary/aromatic N) is 4. The zero-order chi connectivity index (χ0) is 18.6. The van der Waals surface area contributed by atoms with E-state index in [0.717, 1.165) is 6.26 Å². The Labute approximate surface area is 141 Å². The highest BCUT2D eigenvalue weighted by atomic mass is 32.2. The van der Waals surface area contributed by atoms with Crippen LogP contribution < -0.4 is 0 Å². The number of aromatic nitrogens is 4. The SMILES string of the molecule is Cc1cc2nc(-c3ncc(C(F)(F)F)cc3S(C)(=O)=O)n(C)c2cn1. The van der Waals surface area contributed by atoms with Crippen molar-refractivity contribution < 1.29 is 21.6 Å². The predicted molar refractivity (Wildman–Crippen MR) is 84.6 cm³/mol. The van der Waals surface area contributed by atoms with Crippen molar-refractivity contribution in [3.63, 3.8) is 0 Å². The maximum Gasteiger partial charge on any atom is 0.417 e. The highest BCUT2D eigenvalue weighted by Gasteiger charge is 2.33. The van der Waals surface area contributed by atoms with Gasteiger partial charge in [-0.05, 0) is 19.1 Å². The largest absolute Gasteiger partial charge is 0.417 e. The Morgan fingerprint density at radius 1 is 1.12 bits per heavy atom. The van der Waals surface area contributed by atoms with Gasteiger partial charge >= 0.3 is 6.18 Å². The van der Waals surface area contributed by atoms with Crippen molar-refractivity contribution in [1.82, 2.24) is 19.5 Å². The number of sulfone groups is 1. The number of pyridine rings is 2. The quantitative estimate of drug-likeness (QED) is 0.693. The lowest BCUT2D eigenvalue weighted by atomic mass is 10.2. The molecule has 0 fully saturated rings. The summed E-state index contributed by atoms with van der Waals surface area (Å²) in [7, 11) is -2.34. The summed E-state index contributed by atoms with van der Waals surface area (Å²) in [6, 6.07) is 2.28. The maximum absolute atomic E-state index is 12.9. The van der Waals surface area contributed by atoms with Crippen molar-refractivity contribution >= 4 is 20.9 Å². The Kier molecular flexibility index (Phi) is 3.82. The Morgan fingerprint density at radius 2 is 1.80 bits per heavy atom. The molecule has 0 spiro atoms. The van der Waals surface area contributed by atoms with Gasteiger partial charge in [0.25, 0.3) is 0 Å². The molecule has 0 unspecified atom stereocenters. The van der Waals surface area contributed by atoms with Crippen molar-refractivity contribution in [2.75, 3.05) is 6.26 Å². The fraction of sp³-hybridized carbons (Fsp3) is 0.267. The number of fused-ring (bicyclic) bond motifs is 1. The molecule has 0 aliphatic rings. The summed E-state index contributed by atoms with van der Waals surface area (Å²) < 4.78 is 64.4. The molecule has 3 heterocycles. The van der Waals surface area contributed by atoms with E-state index in [2.05, 4.69) is 15.0 Å². The fourth-order valence-corrected chi connectivity index (χ4v) is 3.29. The third kappa shape index (κ3) is 3.09. The van der Waals surface area contributed by atoms with E-state index in [9.17, 15) is 21.6 Å². The van der Waals surface area contributed by atoms with Crippen molar-refractivity contribution in [2.45, 2.75) is 18.0 Å². The smallest absolute Gasteiger partial charge is 0.324 e. The van der Waals surface area contributed by atoms with E-state index in [1.807, 2.05) is 0 Å². The van der Waals surface area contributed by atoms with Gasteiger partial charge in [0.1, 0.15) is 5.69 Å². The molecule has 0 saturated heterocycles. The number of hydrogen-bond acceptors (Lipinski definition) is 5. The topological polar surface area (TPSA) is 77.7 Å². The van der Waals surface area contributed by atoms with Crippen LogP contribution in [0.25, 0.3) is 22.6 Å². The van der Waals surface area contributed by atoms with Crippen molar-refractivity contribution in [1.29, 1.82) is 0 Å². The molecular weight excluding hydrogens is 357 g/mol. The van der Waals surface area contributed by atoms with Gasteiger partial charge in [-0.3, -0.25) is 9.97 Å². The second kappa shape index (κ2) is 5.51. The lowest BCUT2D eigenvalue weighted by Gasteiger charge is -2.11. The lowest BCUT2D eigenvalue weighted by molar-refractivity contribution is -0.138. The molecule has 0 N–H and O–H groups in total. The molecule has 132 valence electrons. The van der Waals surface area contributed by atoms with E-state index in [-0.39, 0.29) is 11.5 Å². The average Bonchev–Trinajstić information content (AvgIpc) is 2.81. The molecular formula is C15H13F3N4O2S. The molecule has 10 heteroatoms. The van der Waals surface area contributed by atoms with E-state index in [4.69, 9.17) is 0 Å². The van der Waals surface area contributed by atoms with Crippen LogP contribution in [-0.4, -0.2) is 34.2 Å². The molecule has 0 radical (unpaired) electrons. The van der Waals surface area contributed by atoms with Gasteiger partial charge in [0, 0.05) is 25.2 Å². The first-order valence-electron chi connectivity index (χ1n) is 7.05. The fourth-order valence-electron chi connectivity index (χ4n) is 2.45. The number of hydrogen-bond donors (Lipinski definition) is 0. The normalized spacial score (nSPS) is 12.7. The second-order valence-corrected chi connectivity index (χ2v) is 7.63. The first-order chi connectivity index (χ1) is 11.5. The molecule has 0 aliphatic heterocycles. The standard InChI is InChI=1S/C15H13F3N4O2S/c1-8-4-10-11(7-19-8)22(2)14(21-10)13-12(25(3,23)24)5-9(6-20-13)15(16,17)18/h4-7H,1-3H3. The summed E-state index contributed by atoms with van der Waals surface area (Å²) in [6.07, 6.45) is -1.70. The maximum atomic E-state index is 12.9. The van der Waals surface area contributed by atoms with Crippen LogP contribution in [0.2, 0.25) is 0 Å². The van der Waals surface area contributed by atoms with E-state index in [0.29, 0.717) is 29.0 Å². The summed E-state index contributed by atoms with van der Waals surface area (Å²) in [5.41, 5.74) is 0.605. The molecule has 25 heavy (non-hydrogen) atoms. The molecule has 3 rings (SSSR count). The summed E-state index contributed by atoms with van der Waals surface area (Å²) >= 11 is 0. The minimum atomic E-state index is -4.70. The Hall–Kier alpha value is -2.49. The van der Waals surface area contributed by atoms with Gasteiger partial charge in [-0.1, -0.05) is 0 Å². The minimum Gasteiger partial charge on any atom is -0.324 e. The van der Waals surface area contributed by atoms with Crippen LogP contribution in [0.15, 0.2) is 29.4 Å². The number of rotatable bonds is 2. The lowest BCUT2D eigenvalue weighted by Crippen LogP contribution is -2.11. The number of halogens is 3. The molecule has 3 aromatic rings. The Bertz CT molecular complexity index is 1090. The van der Waals surface area contributed by atoms with Crippen LogP contribution in [0.1, 0.15) is 11.3 Å². The zero-order valence-corrected chi connectivity index (χ0v) is 14.3. The molecule has 0 amide bonds. The van der Waals surface area contributed by atoms with Crippen LogP contribution in [-0.2, 0) is 23.1 Å². The summed E-state index contributed by atoms with van der Waals surface area (Å²) in [6.45, 7) is 1.77. The van der Waals surface area contributed by atoms with Gasteiger partial charge in [0.15, 0.2) is 15.7 Å². The van der Waals surface area contributed by atoms with Crippen molar-refractivity contribution in [2.24, 2.45) is 7.05 Å². The molecule has 3 aromatic heterocycles. The van der Waals surface area contributed by atoms with Gasteiger partial charge in [-0.2, -0.15) is 13.2 Å². The highest BCUT2D eigenvalue weighted by molar-refractivity contribution is 7.90. The summed E-state index contributed by atoms with van der Waals surface area (Å²) in [5.74, 6) is 0.150. The molecule has 0 saturated carbocycles. The Morgan fingerprint density at radius 3 is 2.40 bits per heavy atom. The van der Waals surface area contributed by atoms with E-state index >= 15 is 0 Å². The number of alkyl halides is 3. The van der Waals surface area contributed by atoms with Crippen molar-refractivity contribution in [3.8, 4) is 11.5 Å². The number of imidazole rings is 1. The molecule has 0 bridgehead atoms. The van der Waals surface area contributed by atoms with Gasteiger partial charge < -0.3 is 4.57 Å². The van der Waals surface area contributed by atoms with Gasteiger partial charge in [-0.25, -0.2) is 13.4 Å². The third-order valence-electron chi connectivity index (χ3n) is 3.70. The molecule has 0 atom stereocenters. The average molecular weight is 370 g/mol. The first-order valence-corrected chi connectivity index (χ1v) is 8.94. The highest BCUT2D eigenvalue weighted by Crippen LogP contribution is 2.34. The minimum absolute atomic E-state index is 0.133. The van der Waals surface area contributed by atoms with Crippen LogP contribution in [0.3, 0.4) is 0 Å². The van der Waals surface area contributed by atoms with Gasteiger partial charge in [-0.15, -0.1) is 0 Å². The van der Waals surface area contributed by atoms with Gasteiger partial charge in [0.2, 0.25) is 0 Å². The molecule has 0 aliphatic carbocycles. The third-order valence-corrected chi connectivity index (χ3v) is 4.81. The molecule has 0 aromatic carbocycles. The Balaban J connectivity index is 2.32. The van der Waals surface area contributed by atoms with Crippen molar-refractivity contribution in [3.05, 3.63) is 35.8 Å². The monoisotopic (exact) mass is 370 g/mol. The second-order valence-electron chi connectivity index (χ2n) is 5.65. The van der Waals surface area contributed by atoms with Crippen LogP contribution in [0, 0.1) is 6.92 Å². The van der Waals surface area contributed by atoms with Gasteiger partial charge in [0.05, 0.1) is 27.7 Å². The summed E-state index contributed by atoms with van der Waals surface area (Å²) in [4.78, 5) is 11.7.